The van der Waals surface area contributed by atoms with Gasteiger partial charge in [-0.2, -0.15) is 0 Å². The van der Waals surface area contributed by atoms with Crippen LogP contribution in [0.5, 0.6) is 0 Å². The number of pyridine rings is 1. The van der Waals surface area contributed by atoms with Gasteiger partial charge in [0.25, 0.3) is 5.56 Å². The number of nitrogens with one attached hydrogen (secondary N) is 2. The van der Waals surface area contributed by atoms with Crippen molar-refractivity contribution in [1.82, 2.24) is 10.3 Å². The second kappa shape index (κ2) is 5.99. The van der Waals surface area contributed by atoms with Crippen LogP contribution in [-0.4, -0.2) is 23.2 Å². The van der Waals surface area contributed by atoms with Crippen molar-refractivity contribution in [2.75, 3.05) is 13.2 Å². The van der Waals surface area contributed by atoms with Gasteiger partial charge in [0.1, 0.15) is 0 Å². The van der Waals surface area contributed by atoms with Crippen molar-refractivity contribution in [3.63, 3.8) is 0 Å². The highest BCUT2D eigenvalue weighted by Crippen LogP contribution is 2.18. The van der Waals surface area contributed by atoms with Crippen molar-refractivity contribution in [1.29, 1.82) is 0 Å². The van der Waals surface area contributed by atoms with Crippen LogP contribution in [0.25, 0.3) is 10.9 Å². The fraction of sp³-hybridized carbons (Fsp3) is 0.400. The molecule has 1 aromatic carbocycles. The van der Waals surface area contributed by atoms with Crippen LogP contribution in [0.1, 0.15) is 23.1 Å². The first-order valence-corrected chi connectivity index (χ1v) is 6.56. The molecule has 0 bridgehead atoms. The van der Waals surface area contributed by atoms with E-state index < -0.39 is 0 Å². The van der Waals surface area contributed by atoms with E-state index in [1.807, 2.05) is 19.1 Å². The van der Waals surface area contributed by atoms with Crippen molar-refractivity contribution >= 4 is 10.9 Å². The molecule has 0 radical (unpaired) electrons. The van der Waals surface area contributed by atoms with Gasteiger partial charge in [0.05, 0.1) is 0 Å². The number of aryl methyl sites for hydroxylation is 2. The Kier molecular flexibility index (Phi) is 4.35. The van der Waals surface area contributed by atoms with E-state index in [4.69, 9.17) is 5.11 Å². The van der Waals surface area contributed by atoms with Gasteiger partial charge in [0, 0.05) is 29.6 Å². The van der Waals surface area contributed by atoms with Crippen LogP contribution in [0.15, 0.2) is 23.0 Å². The second-order valence-corrected chi connectivity index (χ2v) is 4.92. The Morgan fingerprint density at radius 2 is 2.05 bits per heavy atom. The minimum Gasteiger partial charge on any atom is -0.396 e. The Morgan fingerprint density at radius 1 is 1.26 bits per heavy atom. The summed E-state index contributed by atoms with van der Waals surface area (Å²) >= 11 is 0. The van der Waals surface area contributed by atoms with Gasteiger partial charge in [-0.3, -0.25) is 4.79 Å². The van der Waals surface area contributed by atoms with E-state index in [9.17, 15) is 4.79 Å². The summed E-state index contributed by atoms with van der Waals surface area (Å²) in [7, 11) is 0. The topological polar surface area (TPSA) is 65.1 Å². The number of aliphatic hydroxyl groups is 1. The normalized spacial score (nSPS) is 11.1. The monoisotopic (exact) mass is 260 g/mol. The molecule has 0 fully saturated rings. The summed E-state index contributed by atoms with van der Waals surface area (Å²) in [5.41, 5.74) is 3.89. The zero-order chi connectivity index (χ0) is 13.8. The third-order valence-electron chi connectivity index (χ3n) is 3.22. The van der Waals surface area contributed by atoms with E-state index in [-0.39, 0.29) is 12.2 Å². The number of rotatable bonds is 5. The summed E-state index contributed by atoms with van der Waals surface area (Å²) < 4.78 is 0. The van der Waals surface area contributed by atoms with Crippen LogP contribution >= 0.6 is 0 Å². The average Bonchev–Trinajstić information content (AvgIpc) is 2.35. The first-order valence-electron chi connectivity index (χ1n) is 6.56. The molecule has 1 aromatic heterocycles. The van der Waals surface area contributed by atoms with E-state index in [1.54, 1.807) is 0 Å². The number of hydrogen-bond acceptors (Lipinski definition) is 3. The van der Waals surface area contributed by atoms with E-state index in [2.05, 4.69) is 23.3 Å². The third-order valence-corrected chi connectivity index (χ3v) is 3.22. The molecular weight excluding hydrogens is 240 g/mol. The fourth-order valence-electron chi connectivity index (χ4n) is 2.27. The van der Waals surface area contributed by atoms with Gasteiger partial charge in [-0.1, -0.05) is 6.07 Å². The molecule has 1 heterocycles. The van der Waals surface area contributed by atoms with Crippen molar-refractivity contribution in [2.24, 2.45) is 0 Å². The van der Waals surface area contributed by atoms with Crippen molar-refractivity contribution in [2.45, 2.75) is 26.8 Å². The Hall–Kier alpha value is -1.65. The van der Waals surface area contributed by atoms with Crippen LogP contribution in [-0.2, 0) is 6.54 Å². The number of fused-ring (bicyclic) bond motifs is 1. The maximum absolute atomic E-state index is 12.0. The minimum absolute atomic E-state index is 0.0472. The number of hydrogen-bond donors (Lipinski definition) is 3. The molecule has 19 heavy (non-hydrogen) atoms. The highest BCUT2D eigenvalue weighted by Gasteiger charge is 2.05. The fourth-order valence-corrected chi connectivity index (χ4v) is 2.27. The van der Waals surface area contributed by atoms with E-state index >= 15 is 0 Å². The number of benzene rings is 1. The summed E-state index contributed by atoms with van der Waals surface area (Å²) in [5, 5.41) is 13.0. The molecule has 0 aliphatic heterocycles. The molecule has 0 atom stereocenters. The molecule has 0 unspecified atom stereocenters. The number of H-pyrrole nitrogens is 1. The molecule has 4 nitrogen and oxygen atoms in total. The zero-order valence-electron chi connectivity index (χ0n) is 11.4. The quantitative estimate of drug-likeness (QED) is 0.716. The van der Waals surface area contributed by atoms with Crippen LogP contribution in [0.4, 0.5) is 0 Å². The Labute approximate surface area is 112 Å². The molecule has 2 aromatic rings. The standard InChI is InChI=1S/C15H20N2O2/c1-10-6-11(2)13-8-12(9-16-4-3-5-18)15(19)17-14(13)7-10/h6-8,16,18H,3-5,9H2,1-2H3,(H,17,19). The van der Waals surface area contributed by atoms with Gasteiger partial charge in [0.15, 0.2) is 0 Å². The van der Waals surface area contributed by atoms with Gasteiger partial charge >= 0.3 is 0 Å². The van der Waals surface area contributed by atoms with Gasteiger partial charge in [-0.25, -0.2) is 0 Å². The van der Waals surface area contributed by atoms with Crippen molar-refractivity contribution in [3.05, 3.63) is 45.2 Å². The first-order chi connectivity index (χ1) is 9.11. The average molecular weight is 260 g/mol. The minimum atomic E-state index is -0.0472. The van der Waals surface area contributed by atoms with Crippen molar-refractivity contribution in [3.8, 4) is 0 Å². The number of aromatic nitrogens is 1. The molecule has 0 saturated carbocycles. The summed E-state index contributed by atoms with van der Waals surface area (Å²) in [6, 6.07) is 6.06. The zero-order valence-corrected chi connectivity index (χ0v) is 11.4. The summed E-state index contributed by atoms with van der Waals surface area (Å²) in [6.07, 6.45) is 0.698. The van der Waals surface area contributed by atoms with Crippen LogP contribution < -0.4 is 10.9 Å². The largest absolute Gasteiger partial charge is 0.396 e. The van der Waals surface area contributed by atoms with Crippen molar-refractivity contribution < 1.29 is 5.11 Å². The maximum Gasteiger partial charge on any atom is 0.252 e. The molecule has 4 heteroatoms. The van der Waals surface area contributed by atoms with Gasteiger partial charge in [0.2, 0.25) is 0 Å². The number of aliphatic hydroxyl groups excluding tert-OH is 1. The molecule has 2 rings (SSSR count). The lowest BCUT2D eigenvalue weighted by molar-refractivity contribution is 0.286. The highest BCUT2D eigenvalue weighted by molar-refractivity contribution is 5.83. The van der Waals surface area contributed by atoms with E-state index in [1.165, 1.54) is 5.56 Å². The van der Waals surface area contributed by atoms with E-state index in [0.29, 0.717) is 19.5 Å². The molecule has 102 valence electrons. The predicted octanol–water partition coefficient (Wildman–Crippen LogP) is 1.62. The highest BCUT2D eigenvalue weighted by atomic mass is 16.3. The number of aromatic amines is 1. The maximum atomic E-state index is 12.0. The Morgan fingerprint density at radius 3 is 2.79 bits per heavy atom. The summed E-state index contributed by atoms with van der Waals surface area (Å²) in [4.78, 5) is 14.9. The first kappa shape index (κ1) is 13.8. The van der Waals surface area contributed by atoms with Gasteiger partial charge < -0.3 is 15.4 Å². The molecule has 0 aliphatic carbocycles. The molecule has 0 amide bonds. The molecule has 0 aliphatic rings. The third kappa shape index (κ3) is 3.22. The lowest BCUT2D eigenvalue weighted by Gasteiger charge is -2.08. The molecule has 0 spiro atoms. The lowest BCUT2D eigenvalue weighted by Crippen LogP contribution is -2.22. The predicted molar refractivity (Wildman–Crippen MR) is 77.5 cm³/mol. The van der Waals surface area contributed by atoms with Crippen LogP contribution in [0.2, 0.25) is 0 Å². The van der Waals surface area contributed by atoms with E-state index in [0.717, 1.165) is 22.0 Å². The Bertz CT molecular complexity index is 632. The lowest BCUT2D eigenvalue weighted by atomic mass is 10.0. The van der Waals surface area contributed by atoms with Gasteiger partial charge in [-0.15, -0.1) is 0 Å². The molecule has 0 saturated heterocycles. The van der Waals surface area contributed by atoms with Crippen LogP contribution in [0.3, 0.4) is 0 Å². The SMILES string of the molecule is Cc1cc(C)c2cc(CNCCCO)c(=O)[nH]c2c1. The summed E-state index contributed by atoms with van der Waals surface area (Å²) in [6.45, 7) is 5.48. The van der Waals surface area contributed by atoms with Crippen LogP contribution in [0, 0.1) is 13.8 Å². The second-order valence-electron chi connectivity index (χ2n) is 4.92. The smallest absolute Gasteiger partial charge is 0.252 e. The molecule has 3 N–H and O–H groups in total. The van der Waals surface area contributed by atoms with Gasteiger partial charge in [-0.05, 0) is 50.1 Å². The summed E-state index contributed by atoms with van der Waals surface area (Å²) in [5.74, 6) is 0. The Balaban J connectivity index is 2.30. The molecular formula is C15H20N2O2.